The van der Waals surface area contributed by atoms with Gasteiger partial charge in [0.05, 0.1) is 0 Å². The van der Waals surface area contributed by atoms with Crippen molar-refractivity contribution in [3.63, 3.8) is 0 Å². The minimum Gasteiger partial charge on any atom is -0.507 e. The smallest absolute Gasteiger partial charge is 0.123 e. The van der Waals surface area contributed by atoms with E-state index in [9.17, 15) is 10.2 Å². The Kier molecular flexibility index (Phi) is 9.48. The average Bonchev–Trinajstić information content (AvgIpc) is 2.80. The molecule has 0 radical (unpaired) electrons. The van der Waals surface area contributed by atoms with Crippen LogP contribution in [0.5, 0.6) is 11.5 Å². The van der Waals surface area contributed by atoms with Crippen molar-refractivity contribution in [2.45, 2.75) is 156 Å². The largest absolute Gasteiger partial charge is 0.507 e. The van der Waals surface area contributed by atoms with Gasteiger partial charge in [-0.3, -0.25) is 0 Å². The maximum atomic E-state index is 11.3. The Labute approximate surface area is 245 Å². The van der Waals surface area contributed by atoms with Crippen LogP contribution in [-0.2, 0) is 34.7 Å². The zero-order valence-electron chi connectivity index (χ0n) is 27.6. The third kappa shape index (κ3) is 7.82. The fraction of sp³-hybridized carbons (Fsp3) is 0.667. The van der Waals surface area contributed by atoms with Crippen molar-refractivity contribution >= 4 is 0 Å². The first kappa shape index (κ1) is 32.5. The van der Waals surface area contributed by atoms with Crippen LogP contribution in [-0.4, -0.2) is 22.3 Å². The Balaban J connectivity index is 1.84. The molecule has 2 aromatic carbocycles. The summed E-state index contributed by atoms with van der Waals surface area (Å²) in [4.78, 5) is 0. The molecule has 0 unspecified atom stereocenters. The molecule has 1 aliphatic rings. The normalized spacial score (nSPS) is 19.2. The summed E-state index contributed by atoms with van der Waals surface area (Å²) >= 11 is 0. The average molecular weight is 551 g/mol. The molecule has 2 atom stereocenters. The number of phenols is 2. The molecule has 1 fully saturated rings. The van der Waals surface area contributed by atoms with E-state index >= 15 is 0 Å². The molecule has 1 saturated carbocycles. The highest BCUT2D eigenvalue weighted by molar-refractivity contribution is 5.50. The Hall–Kier alpha value is -2.04. The van der Waals surface area contributed by atoms with Crippen LogP contribution in [0.25, 0.3) is 0 Å². The van der Waals surface area contributed by atoms with Gasteiger partial charge in [-0.25, -0.2) is 0 Å². The van der Waals surface area contributed by atoms with Gasteiger partial charge in [0.1, 0.15) is 11.5 Å². The van der Waals surface area contributed by atoms with Crippen LogP contribution >= 0.6 is 0 Å². The molecule has 0 aliphatic heterocycles. The summed E-state index contributed by atoms with van der Waals surface area (Å²) in [7, 11) is 0. The van der Waals surface area contributed by atoms with Gasteiger partial charge in [-0.15, -0.1) is 0 Å². The van der Waals surface area contributed by atoms with Gasteiger partial charge in [-0.2, -0.15) is 0 Å². The summed E-state index contributed by atoms with van der Waals surface area (Å²) in [5, 5.41) is 30.2. The maximum Gasteiger partial charge on any atom is 0.123 e. The van der Waals surface area contributed by atoms with E-state index in [-0.39, 0.29) is 21.7 Å². The lowest BCUT2D eigenvalue weighted by molar-refractivity contribution is 0.279. The summed E-state index contributed by atoms with van der Waals surface area (Å²) < 4.78 is 0. The second kappa shape index (κ2) is 11.7. The first-order valence-corrected chi connectivity index (χ1v) is 15.4. The van der Waals surface area contributed by atoms with Crippen LogP contribution < -0.4 is 10.6 Å². The van der Waals surface area contributed by atoms with Crippen molar-refractivity contribution in [2.75, 3.05) is 0 Å². The first-order chi connectivity index (χ1) is 18.2. The molecule has 0 spiro atoms. The lowest BCUT2D eigenvalue weighted by Gasteiger charge is -2.34. The van der Waals surface area contributed by atoms with Crippen molar-refractivity contribution in [1.29, 1.82) is 0 Å². The highest BCUT2D eigenvalue weighted by atomic mass is 16.3. The van der Waals surface area contributed by atoms with E-state index in [1.54, 1.807) is 0 Å². The number of hydrogen-bond donors (Lipinski definition) is 4. The van der Waals surface area contributed by atoms with E-state index in [4.69, 9.17) is 0 Å². The molecule has 40 heavy (non-hydrogen) atoms. The lowest BCUT2D eigenvalue weighted by atomic mass is 9.78. The van der Waals surface area contributed by atoms with E-state index in [2.05, 4.69) is 118 Å². The third-order valence-corrected chi connectivity index (χ3v) is 8.60. The van der Waals surface area contributed by atoms with Crippen LogP contribution in [0.1, 0.15) is 142 Å². The monoisotopic (exact) mass is 550 g/mol. The van der Waals surface area contributed by atoms with Gasteiger partial charge < -0.3 is 20.8 Å². The van der Waals surface area contributed by atoms with Gasteiger partial charge in [0.15, 0.2) is 0 Å². The minimum atomic E-state index is -0.134. The van der Waals surface area contributed by atoms with Gasteiger partial charge in [-0.1, -0.05) is 120 Å². The fourth-order valence-electron chi connectivity index (χ4n) is 5.77. The lowest BCUT2D eigenvalue weighted by Crippen LogP contribution is -2.49. The van der Waals surface area contributed by atoms with E-state index in [1.165, 1.54) is 24.0 Å². The fourth-order valence-corrected chi connectivity index (χ4v) is 5.77. The van der Waals surface area contributed by atoms with Crippen molar-refractivity contribution in [1.82, 2.24) is 10.6 Å². The molecule has 4 nitrogen and oxygen atoms in total. The summed E-state index contributed by atoms with van der Waals surface area (Å²) in [6.45, 7) is 27.7. The van der Waals surface area contributed by atoms with Crippen molar-refractivity contribution in [2.24, 2.45) is 0 Å². The summed E-state index contributed by atoms with van der Waals surface area (Å²) in [6, 6.07) is 9.36. The third-order valence-electron chi connectivity index (χ3n) is 8.60. The van der Waals surface area contributed by atoms with Crippen LogP contribution in [0.3, 0.4) is 0 Å². The molecular weight excluding hydrogens is 492 g/mol. The summed E-state index contributed by atoms with van der Waals surface area (Å²) in [5.74, 6) is 0.846. The molecule has 4 N–H and O–H groups in total. The minimum absolute atomic E-state index is 0.00683. The second-order valence-electron chi connectivity index (χ2n) is 16.3. The molecule has 4 heteroatoms. The molecule has 224 valence electrons. The van der Waals surface area contributed by atoms with Crippen LogP contribution in [0.15, 0.2) is 24.3 Å². The Morgan fingerprint density at radius 2 is 0.875 bits per heavy atom. The van der Waals surface area contributed by atoms with Crippen molar-refractivity contribution in [3.8, 4) is 11.5 Å². The predicted octanol–water partition coefficient (Wildman–Crippen LogP) is 8.48. The SMILES string of the molecule is CC(C)(C)c1cc(CN[C@H]2CCCC[C@@H]2NCc2cc(C(C)(C)C)cc(C(C)(C)C)c2O)c(O)c(C(C)(C)C)c1. The maximum absolute atomic E-state index is 11.3. The zero-order chi connectivity index (χ0) is 30.3. The Morgan fingerprint density at radius 1 is 0.550 bits per heavy atom. The van der Waals surface area contributed by atoms with Gasteiger partial charge in [-0.05, 0) is 56.8 Å². The number of phenolic OH excluding ortho intramolecular Hbond substituents is 2. The Bertz CT molecular complexity index is 1080. The van der Waals surface area contributed by atoms with Crippen LogP contribution in [0.2, 0.25) is 0 Å². The number of hydrogen-bond acceptors (Lipinski definition) is 4. The van der Waals surface area contributed by atoms with Crippen LogP contribution in [0.4, 0.5) is 0 Å². The van der Waals surface area contributed by atoms with Crippen molar-refractivity contribution < 1.29 is 10.2 Å². The van der Waals surface area contributed by atoms with E-state index in [0.29, 0.717) is 36.7 Å². The first-order valence-electron chi connectivity index (χ1n) is 15.4. The molecule has 0 aromatic heterocycles. The number of benzene rings is 2. The Morgan fingerprint density at radius 3 is 1.15 bits per heavy atom. The number of nitrogens with one attached hydrogen (secondary N) is 2. The topological polar surface area (TPSA) is 64.5 Å². The molecule has 0 bridgehead atoms. The quantitative estimate of drug-likeness (QED) is 0.291. The van der Waals surface area contributed by atoms with Gasteiger partial charge in [0.25, 0.3) is 0 Å². The molecule has 0 heterocycles. The number of rotatable bonds is 6. The zero-order valence-corrected chi connectivity index (χ0v) is 27.6. The molecule has 2 aromatic rings. The van der Waals surface area contributed by atoms with Crippen LogP contribution in [0, 0.1) is 0 Å². The molecule has 0 saturated heterocycles. The van der Waals surface area contributed by atoms with E-state index in [0.717, 1.165) is 35.1 Å². The molecule has 3 rings (SSSR count). The highest BCUT2D eigenvalue weighted by Crippen LogP contribution is 2.39. The van der Waals surface area contributed by atoms with Crippen molar-refractivity contribution in [3.05, 3.63) is 57.6 Å². The second-order valence-corrected chi connectivity index (χ2v) is 16.3. The van der Waals surface area contributed by atoms with E-state index in [1.807, 2.05) is 0 Å². The summed E-state index contributed by atoms with van der Waals surface area (Å²) in [5.41, 5.74) is 6.25. The van der Waals surface area contributed by atoms with Gasteiger partial charge in [0.2, 0.25) is 0 Å². The summed E-state index contributed by atoms with van der Waals surface area (Å²) in [6.07, 6.45) is 4.61. The van der Waals surface area contributed by atoms with Gasteiger partial charge >= 0.3 is 0 Å². The van der Waals surface area contributed by atoms with Gasteiger partial charge in [0, 0.05) is 36.3 Å². The standard InChI is InChI=1S/C36H58N2O2/c1-33(2,3)25-17-23(31(39)27(19-25)35(7,8)9)21-37-29-15-13-14-16-30(29)38-22-24-18-26(34(4,5)6)20-28(32(24)40)36(10,11)12/h17-20,29-30,37-40H,13-16,21-22H2,1-12H3/t29-,30-/m0/s1. The number of aromatic hydroxyl groups is 2. The molecule has 1 aliphatic carbocycles. The predicted molar refractivity (Wildman–Crippen MR) is 171 cm³/mol. The molecular formula is C36H58N2O2. The molecule has 0 amide bonds. The van der Waals surface area contributed by atoms with E-state index < -0.39 is 0 Å². The highest BCUT2D eigenvalue weighted by Gasteiger charge is 2.29.